The molecule has 1 fully saturated rings. The minimum atomic E-state index is -0.301. The molecule has 1 aliphatic rings. The Kier molecular flexibility index (Phi) is 6.11. The number of nitrogens with zero attached hydrogens (tertiary/aromatic N) is 4. The van der Waals surface area contributed by atoms with Crippen LogP contribution in [0.2, 0.25) is 0 Å². The summed E-state index contributed by atoms with van der Waals surface area (Å²) in [5, 5.41) is 4.57. The Bertz CT molecular complexity index is 1060. The minimum Gasteiger partial charge on any atom is -0.466 e. The van der Waals surface area contributed by atoms with Crippen molar-refractivity contribution in [1.29, 1.82) is 0 Å². The number of aryl methyl sites for hydroxylation is 1. The van der Waals surface area contributed by atoms with E-state index < -0.39 is 0 Å². The van der Waals surface area contributed by atoms with Gasteiger partial charge in [-0.3, -0.25) is 9.59 Å². The predicted octanol–water partition coefficient (Wildman–Crippen LogP) is 3.66. The van der Waals surface area contributed by atoms with Crippen molar-refractivity contribution in [2.24, 2.45) is 5.92 Å². The molecule has 1 unspecified atom stereocenters. The predicted molar refractivity (Wildman–Crippen MR) is 117 cm³/mol. The fraction of sp³-hybridized carbons (Fsp3) is 0.333. The summed E-state index contributed by atoms with van der Waals surface area (Å²) in [7, 11) is 0. The fourth-order valence-corrected chi connectivity index (χ4v) is 3.80. The van der Waals surface area contributed by atoms with Gasteiger partial charge in [0.2, 0.25) is 5.82 Å². The van der Waals surface area contributed by atoms with Gasteiger partial charge in [0.15, 0.2) is 5.82 Å². The van der Waals surface area contributed by atoms with Crippen LogP contribution < -0.4 is 0 Å². The molecule has 2 aromatic carbocycles. The second kappa shape index (κ2) is 9.12. The van der Waals surface area contributed by atoms with E-state index in [1.807, 2.05) is 61.5 Å². The molecule has 1 aromatic heterocycles. The summed E-state index contributed by atoms with van der Waals surface area (Å²) < 4.78 is 6.85. The summed E-state index contributed by atoms with van der Waals surface area (Å²) in [5.41, 5.74) is 2.84. The molecule has 31 heavy (non-hydrogen) atoms. The number of carbonyl (C=O) groups excluding carboxylic acids is 2. The summed E-state index contributed by atoms with van der Waals surface area (Å²) in [6.45, 7) is 5.06. The van der Waals surface area contributed by atoms with Gasteiger partial charge >= 0.3 is 5.97 Å². The van der Waals surface area contributed by atoms with Gasteiger partial charge in [0.1, 0.15) is 0 Å². The van der Waals surface area contributed by atoms with E-state index in [2.05, 4.69) is 10.1 Å². The molecule has 1 aliphatic heterocycles. The lowest BCUT2D eigenvalue weighted by molar-refractivity contribution is -0.149. The van der Waals surface area contributed by atoms with Crippen molar-refractivity contribution in [3.05, 3.63) is 66.0 Å². The standard InChI is InChI=1S/C24H26N4O3/c1-3-31-24(30)19-10-7-15-27(16-19)23(29)21-25-22(18-8-5-4-6-9-18)28(26-21)20-13-11-17(2)12-14-20/h4-6,8-9,11-14,19H,3,7,10,15-16H2,1-2H3. The molecule has 7 heteroatoms. The number of hydrogen-bond donors (Lipinski definition) is 0. The van der Waals surface area contributed by atoms with Crippen LogP contribution in [0.15, 0.2) is 54.6 Å². The quantitative estimate of drug-likeness (QED) is 0.591. The summed E-state index contributed by atoms with van der Waals surface area (Å²) in [4.78, 5) is 31.7. The maximum absolute atomic E-state index is 13.2. The summed E-state index contributed by atoms with van der Waals surface area (Å²) >= 11 is 0. The van der Waals surface area contributed by atoms with E-state index >= 15 is 0 Å². The van der Waals surface area contributed by atoms with Gasteiger partial charge in [-0.25, -0.2) is 9.67 Å². The van der Waals surface area contributed by atoms with Gasteiger partial charge in [-0.05, 0) is 38.8 Å². The number of rotatable bonds is 5. The molecule has 0 N–H and O–H groups in total. The Morgan fingerprint density at radius 2 is 1.84 bits per heavy atom. The molecule has 1 amide bonds. The molecule has 160 valence electrons. The van der Waals surface area contributed by atoms with E-state index in [4.69, 9.17) is 4.74 Å². The monoisotopic (exact) mass is 418 g/mol. The first-order chi connectivity index (χ1) is 15.1. The Labute approximate surface area is 181 Å². The van der Waals surface area contributed by atoms with E-state index in [9.17, 15) is 9.59 Å². The molecule has 0 radical (unpaired) electrons. The van der Waals surface area contributed by atoms with Gasteiger partial charge in [0, 0.05) is 18.7 Å². The van der Waals surface area contributed by atoms with Crippen molar-refractivity contribution in [1.82, 2.24) is 19.7 Å². The number of carbonyl (C=O) groups is 2. The number of esters is 1. The molecular formula is C24H26N4O3. The first-order valence-electron chi connectivity index (χ1n) is 10.6. The van der Waals surface area contributed by atoms with Crippen molar-refractivity contribution in [3.63, 3.8) is 0 Å². The van der Waals surface area contributed by atoms with Crippen LogP contribution in [0.1, 0.15) is 35.9 Å². The third kappa shape index (κ3) is 4.50. The van der Waals surface area contributed by atoms with E-state index in [-0.39, 0.29) is 23.6 Å². The zero-order chi connectivity index (χ0) is 21.8. The van der Waals surface area contributed by atoms with Gasteiger partial charge in [0.05, 0.1) is 18.2 Å². The lowest BCUT2D eigenvalue weighted by atomic mass is 9.98. The minimum absolute atomic E-state index is 0.129. The summed E-state index contributed by atoms with van der Waals surface area (Å²) in [6.07, 6.45) is 1.47. The lowest BCUT2D eigenvalue weighted by Gasteiger charge is -2.30. The average Bonchev–Trinajstić information content (AvgIpc) is 3.25. The van der Waals surface area contributed by atoms with Crippen LogP contribution in [0.5, 0.6) is 0 Å². The summed E-state index contributed by atoms with van der Waals surface area (Å²) in [5.74, 6) is -0.0821. The van der Waals surface area contributed by atoms with Crippen LogP contribution in [-0.4, -0.2) is 51.2 Å². The van der Waals surface area contributed by atoms with E-state index in [1.165, 1.54) is 0 Å². The van der Waals surface area contributed by atoms with Crippen molar-refractivity contribution >= 4 is 11.9 Å². The Morgan fingerprint density at radius 3 is 2.55 bits per heavy atom. The average molecular weight is 418 g/mol. The fourth-order valence-electron chi connectivity index (χ4n) is 3.80. The number of aromatic nitrogens is 3. The highest BCUT2D eigenvalue weighted by atomic mass is 16.5. The Hall–Kier alpha value is -3.48. The number of ether oxygens (including phenoxy) is 1. The highest BCUT2D eigenvalue weighted by Gasteiger charge is 2.32. The lowest BCUT2D eigenvalue weighted by Crippen LogP contribution is -2.43. The van der Waals surface area contributed by atoms with Gasteiger partial charge < -0.3 is 9.64 Å². The van der Waals surface area contributed by atoms with E-state index in [0.717, 1.165) is 29.7 Å². The van der Waals surface area contributed by atoms with Crippen molar-refractivity contribution in [3.8, 4) is 17.1 Å². The molecule has 0 saturated carbocycles. The van der Waals surface area contributed by atoms with Gasteiger partial charge in [0.25, 0.3) is 5.91 Å². The highest BCUT2D eigenvalue weighted by molar-refractivity contribution is 5.91. The molecular weight excluding hydrogens is 392 g/mol. The van der Waals surface area contributed by atoms with Crippen LogP contribution in [0.25, 0.3) is 17.1 Å². The molecule has 3 aromatic rings. The van der Waals surface area contributed by atoms with E-state index in [0.29, 0.717) is 25.5 Å². The van der Waals surface area contributed by atoms with Crippen molar-refractivity contribution in [2.45, 2.75) is 26.7 Å². The second-order valence-corrected chi connectivity index (χ2v) is 7.71. The van der Waals surface area contributed by atoms with Gasteiger partial charge in [-0.1, -0.05) is 48.0 Å². The third-order valence-electron chi connectivity index (χ3n) is 5.44. The maximum Gasteiger partial charge on any atom is 0.310 e. The number of hydrogen-bond acceptors (Lipinski definition) is 5. The Balaban J connectivity index is 1.66. The zero-order valence-electron chi connectivity index (χ0n) is 17.8. The van der Waals surface area contributed by atoms with Crippen LogP contribution in [0.3, 0.4) is 0 Å². The van der Waals surface area contributed by atoms with Crippen LogP contribution >= 0.6 is 0 Å². The van der Waals surface area contributed by atoms with Crippen molar-refractivity contribution in [2.75, 3.05) is 19.7 Å². The van der Waals surface area contributed by atoms with Gasteiger partial charge in [-0.2, -0.15) is 0 Å². The summed E-state index contributed by atoms with van der Waals surface area (Å²) in [6, 6.07) is 17.6. The molecule has 1 saturated heterocycles. The molecule has 2 heterocycles. The van der Waals surface area contributed by atoms with Crippen LogP contribution in [0.4, 0.5) is 0 Å². The van der Waals surface area contributed by atoms with Crippen LogP contribution in [-0.2, 0) is 9.53 Å². The first-order valence-corrected chi connectivity index (χ1v) is 10.6. The smallest absolute Gasteiger partial charge is 0.310 e. The largest absolute Gasteiger partial charge is 0.466 e. The number of likely N-dealkylation sites (tertiary alicyclic amines) is 1. The number of piperidine rings is 1. The first kappa shape index (κ1) is 20.8. The maximum atomic E-state index is 13.2. The van der Waals surface area contributed by atoms with Gasteiger partial charge in [-0.15, -0.1) is 5.10 Å². The Morgan fingerprint density at radius 1 is 1.10 bits per heavy atom. The number of benzene rings is 2. The van der Waals surface area contributed by atoms with Crippen LogP contribution in [0, 0.1) is 12.8 Å². The SMILES string of the molecule is CCOC(=O)C1CCCN(C(=O)c2nc(-c3ccccc3)n(-c3ccc(C)cc3)n2)C1. The van der Waals surface area contributed by atoms with Crippen molar-refractivity contribution < 1.29 is 14.3 Å². The third-order valence-corrected chi connectivity index (χ3v) is 5.44. The highest BCUT2D eigenvalue weighted by Crippen LogP contribution is 2.24. The normalized spacial score (nSPS) is 16.2. The molecule has 1 atom stereocenters. The zero-order valence-corrected chi connectivity index (χ0v) is 17.8. The molecule has 0 bridgehead atoms. The van der Waals surface area contributed by atoms with E-state index in [1.54, 1.807) is 16.5 Å². The molecule has 0 aliphatic carbocycles. The molecule has 4 rings (SSSR count). The number of amides is 1. The topological polar surface area (TPSA) is 77.3 Å². The second-order valence-electron chi connectivity index (χ2n) is 7.71. The molecule has 0 spiro atoms. The molecule has 7 nitrogen and oxygen atoms in total.